The first-order valence-corrected chi connectivity index (χ1v) is 9.28. The zero-order valence-corrected chi connectivity index (χ0v) is 15.0. The van der Waals surface area contributed by atoms with Crippen molar-refractivity contribution < 1.29 is 14.3 Å². The van der Waals surface area contributed by atoms with Crippen LogP contribution >= 0.6 is 0 Å². The van der Waals surface area contributed by atoms with Gasteiger partial charge in [0.05, 0.1) is 12.2 Å². The predicted octanol–water partition coefficient (Wildman–Crippen LogP) is 3.73. The largest absolute Gasteiger partial charge is 0.396 e. The lowest BCUT2D eigenvalue weighted by Crippen LogP contribution is -2.44. The fourth-order valence-corrected chi connectivity index (χ4v) is 5.05. The van der Waals surface area contributed by atoms with Gasteiger partial charge in [-0.2, -0.15) is 0 Å². The summed E-state index contributed by atoms with van der Waals surface area (Å²) in [5.41, 5.74) is 1.68. The van der Waals surface area contributed by atoms with Crippen LogP contribution in [0.2, 0.25) is 0 Å². The highest BCUT2D eigenvalue weighted by Crippen LogP contribution is 2.51. The molecule has 136 valence electrons. The van der Waals surface area contributed by atoms with E-state index < -0.39 is 5.82 Å². The number of aryl methyl sites for hydroxylation is 1. The zero-order chi connectivity index (χ0) is 18.3. The molecular weight excluding hydrogens is 329 g/mol. The molecule has 1 N–H and O–H groups in total. The van der Waals surface area contributed by atoms with E-state index in [4.69, 9.17) is 0 Å². The molecule has 4 heteroatoms. The van der Waals surface area contributed by atoms with Crippen molar-refractivity contribution >= 4 is 5.91 Å². The number of nitrogens with zero attached hydrogens (tertiary/aromatic N) is 1. The third kappa shape index (κ3) is 2.64. The Morgan fingerprint density at radius 1 is 1.19 bits per heavy atom. The van der Waals surface area contributed by atoms with Gasteiger partial charge in [-0.1, -0.05) is 42.5 Å². The van der Waals surface area contributed by atoms with Crippen LogP contribution < -0.4 is 0 Å². The second-order valence-electron chi connectivity index (χ2n) is 7.78. The maximum Gasteiger partial charge on any atom is 0.257 e. The van der Waals surface area contributed by atoms with E-state index in [1.807, 2.05) is 23.1 Å². The van der Waals surface area contributed by atoms with Gasteiger partial charge >= 0.3 is 0 Å². The van der Waals surface area contributed by atoms with Crippen molar-refractivity contribution in [1.82, 2.24) is 4.90 Å². The van der Waals surface area contributed by atoms with Gasteiger partial charge in [0.25, 0.3) is 5.91 Å². The summed E-state index contributed by atoms with van der Waals surface area (Å²) < 4.78 is 14.4. The highest BCUT2D eigenvalue weighted by molar-refractivity contribution is 5.96. The van der Waals surface area contributed by atoms with Gasteiger partial charge in [0, 0.05) is 17.5 Å². The highest BCUT2D eigenvalue weighted by Gasteiger charge is 2.57. The van der Waals surface area contributed by atoms with Crippen LogP contribution in [0.15, 0.2) is 48.5 Å². The first-order chi connectivity index (χ1) is 12.6. The Morgan fingerprint density at radius 2 is 1.96 bits per heavy atom. The maximum absolute atomic E-state index is 14.4. The second-order valence-corrected chi connectivity index (χ2v) is 7.78. The number of benzene rings is 2. The number of hydrogen-bond donors (Lipinski definition) is 1. The van der Waals surface area contributed by atoms with Crippen LogP contribution in [0.25, 0.3) is 0 Å². The molecule has 0 radical (unpaired) electrons. The number of amides is 1. The van der Waals surface area contributed by atoms with E-state index in [2.05, 4.69) is 12.1 Å². The first kappa shape index (κ1) is 17.2. The average Bonchev–Trinajstić information content (AvgIpc) is 3.18. The molecule has 2 heterocycles. The van der Waals surface area contributed by atoms with Crippen LogP contribution in [0.5, 0.6) is 0 Å². The number of aliphatic hydroxyl groups is 1. The Bertz CT molecular complexity index is 802. The molecule has 0 unspecified atom stereocenters. The maximum atomic E-state index is 14.4. The van der Waals surface area contributed by atoms with Crippen molar-refractivity contribution in [3.05, 3.63) is 71.0 Å². The Morgan fingerprint density at radius 3 is 2.65 bits per heavy atom. The van der Waals surface area contributed by atoms with E-state index in [9.17, 15) is 14.3 Å². The van der Waals surface area contributed by atoms with Gasteiger partial charge in [0.2, 0.25) is 0 Å². The van der Waals surface area contributed by atoms with E-state index in [1.165, 1.54) is 11.6 Å². The van der Waals surface area contributed by atoms with Crippen molar-refractivity contribution in [2.75, 3.05) is 6.61 Å². The molecule has 0 aromatic heterocycles. The Kier molecular flexibility index (Phi) is 4.31. The number of halogens is 1. The summed E-state index contributed by atoms with van der Waals surface area (Å²) in [6, 6.07) is 14.9. The minimum atomic E-state index is -0.459. The van der Waals surface area contributed by atoms with E-state index in [0.29, 0.717) is 5.56 Å². The molecule has 0 saturated carbocycles. The lowest BCUT2D eigenvalue weighted by Gasteiger charge is -2.36. The number of hydrogen-bond acceptors (Lipinski definition) is 2. The molecule has 0 aliphatic carbocycles. The Labute approximate surface area is 153 Å². The second kappa shape index (κ2) is 6.51. The van der Waals surface area contributed by atoms with Crippen LogP contribution in [0.1, 0.15) is 40.7 Å². The number of carbonyl (C=O) groups excluding carboxylic acids is 1. The van der Waals surface area contributed by atoms with Gasteiger partial charge in [0.15, 0.2) is 0 Å². The summed E-state index contributed by atoms with van der Waals surface area (Å²) >= 11 is 0. The Hall–Kier alpha value is -2.20. The molecule has 2 aromatic carbocycles. The third-order valence-electron chi connectivity index (χ3n) is 6.24. The SMILES string of the molecule is Cc1cccc(F)c1C(=O)N1[C@H]2CC[C@@H]1[C@@](CO)(Cc1ccccc1)C2. The number of fused-ring (bicyclic) bond motifs is 2. The van der Waals surface area contributed by atoms with Crippen LogP contribution in [0, 0.1) is 18.2 Å². The number of carbonyl (C=O) groups is 1. The van der Waals surface area contributed by atoms with Gasteiger partial charge in [0.1, 0.15) is 5.82 Å². The highest BCUT2D eigenvalue weighted by atomic mass is 19.1. The monoisotopic (exact) mass is 353 g/mol. The molecule has 2 aromatic rings. The Balaban J connectivity index is 1.66. The standard InChI is InChI=1S/C22H24FNO2/c1-15-6-5-9-18(23)20(15)21(26)24-17-10-11-19(24)22(13-17,14-25)12-16-7-3-2-4-8-16/h2-9,17,19,25H,10-14H2,1H3/t17-,19+,22-/m0/s1. The molecule has 2 bridgehead atoms. The average molecular weight is 353 g/mol. The van der Waals surface area contributed by atoms with Gasteiger partial charge in [-0.05, 0) is 49.8 Å². The molecule has 2 aliphatic rings. The summed E-state index contributed by atoms with van der Waals surface area (Å²) in [5.74, 6) is -0.685. The smallest absolute Gasteiger partial charge is 0.257 e. The molecule has 2 saturated heterocycles. The summed E-state index contributed by atoms with van der Waals surface area (Å²) in [4.78, 5) is 15.1. The minimum absolute atomic E-state index is 0.0378. The molecular formula is C22H24FNO2. The topological polar surface area (TPSA) is 40.5 Å². The van der Waals surface area contributed by atoms with E-state index in [1.54, 1.807) is 19.1 Å². The minimum Gasteiger partial charge on any atom is -0.396 e. The molecule has 2 aliphatic heterocycles. The normalized spacial score (nSPS) is 27.1. The molecule has 26 heavy (non-hydrogen) atoms. The first-order valence-electron chi connectivity index (χ1n) is 9.28. The van der Waals surface area contributed by atoms with Crippen LogP contribution in [0.4, 0.5) is 4.39 Å². The quantitative estimate of drug-likeness (QED) is 0.910. The molecule has 3 nitrogen and oxygen atoms in total. The summed E-state index contributed by atoms with van der Waals surface area (Å²) in [6.07, 6.45) is 3.32. The van der Waals surface area contributed by atoms with Crippen molar-refractivity contribution in [1.29, 1.82) is 0 Å². The number of aliphatic hydroxyl groups excluding tert-OH is 1. The van der Waals surface area contributed by atoms with Crippen molar-refractivity contribution in [2.45, 2.75) is 44.7 Å². The lowest BCUT2D eigenvalue weighted by molar-refractivity contribution is 0.0567. The van der Waals surface area contributed by atoms with Crippen LogP contribution in [-0.4, -0.2) is 34.6 Å². The van der Waals surface area contributed by atoms with E-state index in [0.717, 1.165) is 25.7 Å². The van der Waals surface area contributed by atoms with E-state index >= 15 is 0 Å². The molecule has 4 rings (SSSR count). The molecule has 3 atom stereocenters. The molecule has 1 amide bonds. The van der Waals surface area contributed by atoms with Gasteiger partial charge in [-0.25, -0.2) is 4.39 Å². The number of rotatable bonds is 4. The summed E-state index contributed by atoms with van der Waals surface area (Å²) in [5, 5.41) is 10.3. The van der Waals surface area contributed by atoms with E-state index in [-0.39, 0.29) is 35.6 Å². The predicted molar refractivity (Wildman–Crippen MR) is 98.4 cm³/mol. The van der Waals surface area contributed by atoms with Crippen molar-refractivity contribution in [3.8, 4) is 0 Å². The lowest BCUT2D eigenvalue weighted by atomic mass is 9.70. The summed E-state index contributed by atoms with van der Waals surface area (Å²) in [7, 11) is 0. The van der Waals surface area contributed by atoms with Crippen LogP contribution in [0.3, 0.4) is 0 Å². The third-order valence-corrected chi connectivity index (χ3v) is 6.24. The van der Waals surface area contributed by atoms with Crippen molar-refractivity contribution in [2.24, 2.45) is 5.41 Å². The summed E-state index contributed by atoms with van der Waals surface area (Å²) in [6.45, 7) is 1.82. The fourth-order valence-electron chi connectivity index (χ4n) is 5.05. The van der Waals surface area contributed by atoms with Crippen molar-refractivity contribution in [3.63, 3.8) is 0 Å². The van der Waals surface area contributed by atoms with Gasteiger partial charge in [-0.3, -0.25) is 4.79 Å². The zero-order valence-electron chi connectivity index (χ0n) is 15.0. The molecule has 2 fully saturated rings. The van der Waals surface area contributed by atoms with Crippen LogP contribution in [-0.2, 0) is 6.42 Å². The fraction of sp³-hybridized carbons (Fsp3) is 0.409. The molecule has 0 spiro atoms. The van der Waals surface area contributed by atoms with Gasteiger partial charge < -0.3 is 10.0 Å². The van der Waals surface area contributed by atoms with Gasteiger partial charge in [-0.15, -0.1) is 0 Å².